The van der Waals surface area contributed by atoms with E-state index in [9.17, 15) is 0 Å². The Morgan fingerprint density at radius 3 is 1.54 bits per heavy atom. The molecule has 0 aliphatic carbocycles. The molecule has 4 heteroatoms. The molecule has 0 radical (unpaired) electrons. The van der Waals surface area contributed by atoms with Gasteiger partial charge in [-0.05, 0) is 114 Å². The number of hydrogen-bond donors (Lipinski definition) is 0. The summed E-state index contributed by atoms with van der Waals surface area (Å²) in [4.78, 5) is 16.3. The Labute approximate surface area is 410 Å². The molecule has 14 aromatic rings. The highest BCUT2D eigenvalue weighted by atomic mass is 15.0. The van der Waals surface area contributed by atoms with Crippen LogP contribution >= 0.6 is 0 Å². The van der Waals surface area contributed by atoms with Gasteiger partial charge in [-0.25, -0.2) is 15.0 Å². The van der Waals surface area contributed by atoms with Gasteiger partial charge in [-0.2, -0.15) is 0 Å². The third-order valence-corrected chi connectivity index (χ3v) is 14.2. The highest BCUT2D eigenvalue weighted by molar-refractivity contribution is 6.24. The summed E-state index contributed by atoms with van der Waals surface area (Å²) >= 11 is 0. The molecule has 0 aliphatic heterocycles. The summed E-state index contributed by atoms with van der Waals surface area (Å²) in [6.45, 7) is 0. The number of nitrogens with zero attached hydrogens (tertiary/aromatic N) is 4. The van der Waals surface area contributed by atoms with Crippen molar-refractivity contribution in [3.8, 4) is 73.2 Å². The topological polar surface area (TPSA) is 43.6 Å². The second-order valence-electron chi connectivity index (χ2n) is 18.4. The molecule has 71 heavy (non-hydrogen) atoms. The van der Waals surface area contributed by atoms with Gasteiger partial charge in [0.1, 0.15) is 0 Å². The predicted molar refractivity (Wildman–Crippen MR) is 297 cm³/mol. The molecular weight excluding hydrogens is 861 g/mol. The molecule has 0 bridgehead atoms. The van der Waals surface area contributed by atoms with Crippen LogP contribution in [0.15, 0.2) is 255 Å². The van der Waals surface area contributed by atoms with Crippen molar-refractivity contribution in [1.82, 2.24) is 19.5 Å². The van der Waals surface area contributed by atoms with Crippen LogP contribution in [0.25, 0.3) is 138 Å². The van der Waals surface area contributed by atoms with E-state index in [-0.39, 0.29) is 0 Å². The van der Waals surface area contributed by atoms with Crippen LogP contribution in [-0.4, -0.2) is 19.5 Å². The zero-order valence-corrected chi connectivity index (χ0v) is 38.5. The lowest BCUT2D eigenvalue weighted by Gasteiger charge is -2.20. The molecule has 4 nitrogen and oxygen atoms in total. The first-order chi connectivity index (χ1) is 35.2. The molecule has 0 fully saturated rings. The maximum absolute atomic E-state index is 5.53. The van der Waals surface area contributed by atoms with E-state index in [1.54, 1.807) is 0 Å². The Bertz CT molecular complexity index is 4390. The summed E-state index contributed by atoms with van der Waals surface area (Å²) in [5, 5.41) is 11.7. The average Bonchev–Trinajstić information content (AvgIpc) is 3.77. The minimum absolute atomic E-state index is 0.604. The fourth-order valence-electron chi connectivity index (χ4n) is 10.8. The molecule has 12 aromatic carbocycles. The number of rotatable bonds is 7. The summed E-state index contributed by atoms with van der Waals surface area (Å²) in [5.41, 5.74) is 12.8. The zero-order chi connectivity index (χ0) is 46.8. The van der Waals surface area contributed by atoms with Crippen LogP contribution in [0, 0.1) is 0 Å². The minimum atomic E-state index is 0.604. The Morgan fingerprint density at radius 2 is 0.789 bits per heavy atom. The molecule has 0 saturated heterocycles. The third-order valence-electron chi connectivity index (χ3n) is 14.2. The van der Waals surface area contributed by atoms with E-state index in [4.69, 9.17) is 15.0 Å². The first-order valence-corrected chi connectivity index (χ1v) is 24.2. The highest BCUT2D eigenvalue weighted by Crippen LogP contribution is 2.46. The lowest BCUT2D eigenvalue weighted by atomic mass is 9.89. The minimum Gasteiger partial charge on any atom is -0.309 e. The van der Waals surface area contributed by atoms with Crippen LogP contribution in [0.2, 0.25) is 0 Å². The standard InChI is InChI=1S/C67H42N4/c1-4-17-43(18-5-1)49-28-16-29-50(37-49)53-33-35-56-58(39-53)64(67-69-65(47-23-8-3-9-24-47)68-66(70-67)54-32-31-44-19-10-11-25-48(44)38-54)57(45-20-6-2-7-21-45)42-62(56)71-60-36-34-46-22-14-15-30-55(46)63(60)59-40-51-26-12-13-27-52(51)41-61(59)71/h1-42H. The molecule has 0 atom stereocenters. The molecule has 330 valence electrons. The van der Waals surface area contributed by atoms with Crippen molar-refractivity contribution in [2.75, 3.05) is 0 Å². The van der Waals surface area contributed by atoms with Crippen LogP contribution in [0.4, 0.5) is 0 Å². The molecule has 0 aliphatic rings. The van der Waals surface area contributed by atoms with Gasteiger partial charge in [0.25, 0.3) is 0 Å². The highest BCUT2D eigenvalue weighted by Gasteiger charge is 2.25. The summed E-state index contributed by atoms with van der Waals surface area (Å²) in [6, 6.07) is 91.6. The Kier molecular flexibility index (Phi) is 9.49. The quantitative estimate of drug-likeness (QED) is 0.160. The molecule has 0 amide bonds. The number of fused-ring (bicyclic) bond motifs is 8. The molecule has 0 unspecified atom stereocenters. The van der Waals surface area contributed by atoms with Gasteiger partial charge in [-0.15, -0.1) is 0 Å². The van der Waals surface area contributed by atoms with Gasteiger partial charge in [-0.3, -0.25) is 0 Å². The summed E-state index contributed by atoms with van der Waals surface area (Å²) in [7, 11) is 0. The van der Waals surface area contributed by atoms with E-state index in [1.165, 1.54) is 37.9 Å². The maximum atomic E-state index is 5.53. The SMILES string of the molecule is c1ccc(-c2cccc(-c3ccc4c(-n5c6cc7ccccc7cc6c6c7ccccc7ccc65)cc(-c5ccccc5)c(-c5nc(-c6ccccc6)nc(-c6ccc7ccccc7c6)n5)c4c3)c2)cc1. The van der Waals surface area contributed by atoms with Crippen molar-refractivity contribution < 1.29 is 0 Å². The summed E-state index contributed by atoms with van der Waals surface area (Å²) in [5.74, 6) is 1.83. The fraction of sp³-hybridized carbons (Fsp3) is 0. The van der Waals surface area contributed by atoms with E-state index in [0.29, 0.717) is 17.5 Å². The molecule has 2 heterocycles. The number of benzene rings is 12. The zero-order valence-electron chi connectivity index (χ0n) is 38.5. The monoisotopic (exact) mass is 902 g/mol. The second kappa shape index (κ2) is 16.6. The van der Waals surface area contributed by atoms with Crippen LogP contribution in [-0.2, 0) is 0 Å². The van der Waals surface area contributed by atoms with Crippen LogP contribution in [0.5, 0.6) is 0 Å². The maximum Gasteiger partial charge on any atom is 0.165 e. The summed E-state index contributed by atoms with van der Waals surface area (Å²) < 4.78 is 2.50. The lowest BCUT2D eigenvalue weighted by molar-refractivity contribution is 1.08. The van der Waals surface area contributed by atoms with Crippen LogP contribution < -0.4 is 0 Å². The Morgan fingerprint density at radius 1 is 0.254 bits per heavy atom. The Balaban J connectivity index is 1.13. The van der Waals surface area contributed by atoms with E-state index in [2.05, 4.69) is 241 Å². The van der Waals surface area contributed by atoms with Crippen LogP contribution in [0.3, 0.4) is 0 Å². The van der Waals surface area contributed by atoms with Crippen molar-refractivity contribution in [1.29, 1.82) is 0 Å². The molecule has 2 aromatic heterocycles. The van der Waals surface area contributed by atoms with E-state index in [0.717, 1.165) is 82.8 Å². The second-order valence-corrected chi connectivity index (χ2v) is 18.4. The fourth-order valence-corrected chi connectivity index (χ4v) is 10.8. The average molecular weight is 903 g/mol. The van der Waals surface area contributed by atoms with Crippen molar-refractivity contribution in [3.05, 3.63) is 255 Å². The first-order valence-electron chi connectivity index (χ1n) is 24.2. The summed E-state index contributed by atoms with van der Waals surface area (Å²) in [6.07, 6.45) is 0. The molecule has 0 N–H and O–H groups in total. The third kappa shape index (κ3) is 6.96. The van der Waals surface area contributed by atoms with Gasteiger partial charge in [0.05, 0.1) is 16.7 Å². The lowest BCUT2D eigenvalue weighted by Crippen LogP contribution is -2.04. The van der Waals surface area contributed by atoms with E-state index >= 15 is 0 Å². The van der Waals surface area contributed by atoms with Gasteiger partial charge >= 0.3 is 0 Å². The van der Waals surface area contributed by atoms with Gasteiger partial charge in [-0.1, -0.05) is 212 Å². The van der Waals surface area contributed by atoms with Gasteiger partial charge < -0.3 is 4.57 Å². The van der Waals surface area contributed by atoms with Gasteiger partial charge in [0.2, 0.25) is 0 Å². The van der Waals surface area contributed by atoms with Crippen molar-refractivity contribution in [2.24, 2.45) is 0 Å². The molecule has 0 saturated carbocycles. The van der Waals surface area contributed by atoms with E-state index < -0.39 is 0 Å². The smallest absolute Gasteiger partial charge is 0.165 e. The van der Waals surface area contributed by atoms with Gasteiger partial charge in [0, 0.05) is 32.8 Å². The van der Waals surface area contributed by atoms with Crippen LogP contribution in [0.1, 0.15) is 0 Å². The van der Waals surface area contributed by atoms with Crippen molar-refractivity contribution >= 4 is 64.9 Å². The van der Waals surface area contributed by atoms with E-state index in [1.807, 2.05) is 18.2 Å². The normalized spacial score (nSPS) is 11.7. The predicted octanol–water partition coefficient (Wildman–Crippen LogP) is 17.6. The van der Waals surface area contributed by atoms with Crippen molar-refractivity contribution in [3.63, 3.8) is 0 Å². The van der Waals surface area contributed by atoms with Crippen molar-refractivity contribution in [2.45, 2.75) is 0 Å². The molecule has 0 spiro atoms. The van der Waals surface area contributed by atoms with Gasteiger partial charge in [0.15, 0.2) is 17.5 Å². The largest absolute Gasteiger partial charge is 0.309 e. The molecule has 14 rings (SSSR count). The molecular formula is C67H42N4. The Hall–Kier alpha value is -9.51. The number of hydrogen-bond acceptors (Lipinski definition) is 3. The first kappa shape index (κ1) is 40.5. The number of aromatic nitrogens is 4.